The van der Waals surface area contributed by atoms with Gasteiger partial charge in [0.1, 0.15) is 12.2 Å². The third-order valence-corrected chi connectivity index (χ3v) is 4.74. The molecule has 7 nitrogen and oxygen atoms in total. The van der Waals surface area contributed by atoms with Crippen molar-refractivity contribution in [2.24, 2.45) is 0 Å². The van der Waals surface area contributed by atoms with E-state index in [1.165, 1.54) is 0 Å². The highest BCUT2D eigenvalue weighted by Crippen LogP contribution is 2.25. The second kappa shape index (κ2) is 9.95. The van der Waals surface area contributed by atoms with E-state index < -0.39 is 43.0 Å². The zero-order valence-corrected chi connectivity index (χ0v) is 16.0. The van der Waals surface area contributed by atoms with Gasteiger partial charge in [0.2, 0.25) is 0 Å². The smallest absolute Gasteiger partial charge is 0.338 e. The number of carbonyl (C=O) groups excluding carboxylic acids is 1. The van der Waals surface area contributed by atoms with Crippen molar-refractivity contribution in [1.82, 2.24) is 0 Å². The topological polar surface area (TPSA) is 83.5 Å². The standard InChI is InChI=1S/C21H26O7/c1-24-19-12-8-15(22)16(26-19)9-10-17-18(11-13-20(25-2)27-17)28-21(23)14-6-4-3-5-7-14/h3-8,11-13,15-20,22H,9-10H2,1-2H3/t15-,16+,17+,18-,19-,20-/m0/s1. The molecule has 1 aromatic carbocycles. The number of hydrogen-bond donors (Lipinski definition) is 1. The Morgan fingerprint density at radius 2 is 1.54 bits per heavy atom. The number of rotatable bonds is 7. The van der Waals surface area contributed by atoms with Crippen molar-refractivity contribution in [1.29, 1.82) is 0 Å². The van der Waals surface area contributed by atoms with E-state index in [0.717, 1.165) is 0 Å². The number of ether oxygens (including phenoxy) is 5. The van der Waals surface area contributed by atoms with Gasteiger partial charge in [0, 0.05) is 14.2 Å². The lowest BCUT2D eigenvalue weighted by atomic mass is 9.99. The summed E-state index contributed by atoms with van der Waals surface area (Å²) in [7, 11) is 3.09. The van der Waals surface area contributed by atoms with E-state index in [1.807, 2.05) is 6.07 Å². The average Bonchev–Trinajstić information content (AvgIpc) is 2.74. The van der Waals surface area contributed by atoms with Crippen LogP contribution in [0.2, 0.25) is 0 Å². The maximum Gasteiger partial charge on any atom is 0.338 e. The average molecular weight is 390 g/mol. The Hall–Kier alpha value is -2.03. The molecule has 7 heteroatoms. The van der Waals surface area contributed by atoms with E-state index in [4.69, 9.17) is 23.7 Å². The van der Waals surface area contributed by atoms with Crippen LogP contribution in [-0.2, 0) is 23.7 Å². The molecule has 3 rings (SSSR count). The summed E-state index contributed by atoms with van der Waals surface area (Å²) in [5.41, 5.74) is 0.475. The summed E-state index contributed by atoms with van der Waals surface area (Å²) in [4.78, 5) is 12.4. The predicted octanol–water partition coefficient (Wildman–Crippen LogP) is 2.21. The molecule has 152 valence electrons. The summed E-state index contributed by atoms with van der Waals surface area (Å²) >= 11 is 0. The fourth-order valence-corrected chi connectivity index (χ4v) is 3.19. The van der Waals surface area contributed by atoms with Crippen LogP contribution in [0.5, 0.6) is 0 Å². The summed E-state index contributed by atoms with van der Waals surface area (Å²) in [6, 6.07) is 8.80. The molecule has 0 radical (unpaired) electrons. The molecule has 2 aliphatic rings. The molecule has 0 unspecified atom stereocenters. The van der Waals surface area contributed by atoms with Gasteiger partial charge in [-0.05, 0) is 43.2 Å². The van der Waals surface area contributed by atoms with Gasteiger partial charge in [-0.1, -0.05) is 24.3 Å². The largest absolute Gasteiger partial charge is 0.452 e. The molecule has 0 aromatic heterocycles. The molecule has 0 amide bonds. The lowest BCUT2D eigenvalue weighted by Gasteiger charge is -2.34. The van der Waals surface area contributed by atoms with Crippen LogP contribution >= 0.6 is 0 Å². The highest BCUT2D eigenvalue weighted by molar-refractivity contribution is 5.89. The van der Waals surface area contributed by atoms with Gasteiger partial charge in [-0.25, -0.2) is 4.79 Å². The first-order valence-electron chi connectivity index (χ1n) is 9.28. The fourth-order valence-electron chi connectivity index (χ4n) is 3.19. The molecule has 0 fully saturated rings. The Bertz CT molecular complexity index is 687. The number of aliphatic hydroxyl groups is 1. The van der Waals surface area contributed by atoms with Crippen LogP contribution in [0.25, 0.3) is 0 Å². The minimum atomic E-state index is -0.728. The maximum atomic E-state index is 12.4. The van der Waals surface area contributed by atoms with E-state index in [1.54, 1.807) is 62.8 Å². The van der Waals surface area contributed by atoms with Gasteiger partial charge < -0.3 is 28.8 Å². The Kier molecular flexibility index (Phi) is 7.36. The van der Waals surface area contributed by atoms with Crippen LogP contribution in [0.4, 0.5) is 0 Å². The van der Waals surface area contributed by atoms with Crippen molar-refractivity contribution < 1.29 is 33.6 Å². The minimum Gasteiger partial charge on any atom is -0.452 e. The molecule has 0 spiro atoms. The van der Waals surface area contributed by atoms with E-state index in [9.17, 15) is 9.90 Å². The van der Waals surface area contributed by atoms with E-state index in [0.29, 0.717) is 18.4 Å². The molecule has 0 bridgehead atoms. The van der Waals surface area contributed by atoms with Crippen LogP contribution in [0.3, 0.4) is 0 Å². The van der Waals surface area contributed by atoms with Crippen molar-refractivity contribution >= 4 is 5.97 Å². The van der Waals surface area contributed by atoms with Crippen molar-refractivity contribution in [3.05, 3.63) is 60.2 Å². The summed E-state index contributed by atoms with van der Waals surface area (Å²) in [5.74, 6) is -0.420. The summed E-state index contributed by atoms with van der Waals surface area (Å²) in [5, 5.41) is 10.1. The molecule has 1 aromatic rings. The normalized spacial score (nSPS) is 32.2. The molecule has 2 heterocycles. The first kappa shape index (κ1) is 20.7. The highest BCUT2D eigenvalue weighted by Gasteiger charge is 2.33. The van der Waals surface area contributed by atoms with Crippen molar-refractivity contribution in [3.63, 3.8) is 0 Å². The first-order chi connectivity index (χ1) is 13.6. The summed E-state index contributed by atoms with van der Waals surface area (Å²) in [6.45, 7) is 0. The van der Waals surface area contributed by atoms with Gasteiger partial charge in [-0.2, -0.15) is 0 Å². The number of benzene rings is 1. The van der Waals surface area contributed by atoms with Gasteiger partial charge in [0.25, 0.3) is 0 Å². The number of aliphatic hydroxyl groups excluding tert-OH is 1. The molecule has 0 saturated carbocycles. The second-order valence-corrected chi connectivity index (χ2v) is 6.63. The van der Waals surface area contributed by atoms with E-state index >= 15 is 0 Å². The number of esters is 1. The van der Waals surface area contributed by atoms with E-state index in [2.05, 4.69) is 0 Å². The van der Waals surface area contributed by atoms with Crippen molar-refractivity contribution in [3.8, 4) is 0 Å². The van der Waals surface area contributed by atoms with Crippen LogP contribution in [0.15, 0.2) is 54.6 Å². The number of methoxy groups -OCH3 is 2. The molecule has 28 heavy (non-hydrogen) atoms. The van der Waals surface area contributed by atoms with Gasteiger partial charge in [0.15, 0.2) is 12.6 Å². The van der Waals surface area contributed by atoms with Crippen molar-refractivity contribution in [2.75, 3.05) is 14.2 Å². The zero-order chi connectivity index (χ0) is 19.9. The molecular weight excluding hydrogens is 364 g/mol. The second-order valence-electron chi connectivity index (χ2n) is 6.63. The van der Waals surface area contributed by atoms with Crippen LogP contribution in [-0.4, -0.2) is 62.3 Å². The Morgan fingerprint density at radius 1 is 0.929 bits per heavy atom. The third kappa shape index (κ3) is 5.27. The molecule has 2 aliphatic heterocycles. The maximum absolute atomic E-state index is 12.4. The van der Waals surface area contributed by atoms with Gasteiger partial charge in [-0.15, -0.1) is 0 Å². The fraction of sp³-hybridized carbons (Fsp3) is 0.476. The Morgan fingerprint density at radius 3 is 2.21 bits per heavy atom. The summed E-state index contributed by atoms with van der Waals surface area (Å²) < 4.78 is 27.7. The van der Waals surface area contributed by atoms with Crippen LogP contribution in [0.1, 0.15) is 23.2 Å². The molecule has 1 N–H and O–H groups in total. The Labute approximate surface area is 164 Å². The number of carbonyl (C=O) groups is 1. The minimum absolute atomic E-state index is 0.420. The van der Waals surface area contributed by atoms with Gasteiger partial charge >= 0.3 is 5.97 Å². The number of hydrogen-bond acceptors (Lipinski definition) is 7. The lowest BCUT2D eigenvalue weighted by molar-refractivity contribution is -0.177. The zero-order valence-electron chi connectivity index (χ0n) is 16.0. The SMILES string of the molecule is CO[C@@H]1C=C[C@H](OC(=O)c2ccccc2)[C@@H](CC[C@H]2O[C@H](OC)C=C[C@@H]2O)O1. The molecule has 0 aliphatic carbocycles. The molecular formula is C21H26O7. The van der Waals surface area contributed by atoms with Gasteiger partial charge in [0.05, 0.1) is 17.8 Å². The van der Waals surface area contributed by atoms with Crippen LogP contribution in [0, 0.1) is 0 Å². The highest BCUT2D eigenvalue weighted by atomic mass is 16.7. The first-order valence-corrected chi connectivity index (χ1v) is 9.28. The van der Waals surface area contributed by atoms with Crippen molar-refractivity contribution in [2.45, 2.75) is 49.8 Å². The Balaban J connectivity index is 1.63. The van der Waals surface area contributed by atoms with Crippen LogP contribution < -0.4 is 0 Å². The monoisotopic (exact) mass is 390 g/mol. The molecule has 0 saturated heterocycles. The van der Waals surface area contributed by atoms with E-state index in [-0.39, 0.29) is 0 Å². The molecule has 6 atom stereocenters. The lowest BCUT2D eigenvalue weighted by Crippen LogP contribution is -2.41. The predicted molar refractivity (Wildman–Crippen MR) is 101 cm³/mol. The summed E-state index contributed by atoms with van der Waals surface area (Å²) in [6.07, 6.45) is 4.68. The third-order valence-electron chi connectivity index (χ3n) is 4.74. The van der Waals surface area contributed by atoms with Gasteiger partial charge in [-0.3, -0.25) is 0 Å². The quantitative estimate of drug-likeness (QED) is 0.564.